The molecule has 1 aromatic carbocycles. The van der Waals surface area contributed by atoms with Crippen LogP contribution in [0.25, 0.3) is 0 Å². The topological polar surface area (TPSA) is 56.8 Å². The highest BCUT2D eigenvalue weighted by atomic mass is 19.4. The smallest absolute Gasteiger partial charge is 0.422 e. The molecule has 0 spiro atoms. The van der Waals surface area contributed by atoms with E-state index in [1.165, 1.54) is 14.2 Å². The van der Waals surface area contributed by atoms with Crippen molar-refractivity contribution in [1.82, 2.24) is 5.32 Å². The van der Waals surface area contributed by atoms with Crippen LogP contribution >= 0.6 is 0 Å². The Morgan fingerprint density at radius 2 is 1.86 bits per heavy atom. The normalized spacial score (nSPS) is 12.5. The van der Waals surface area contributed by atoms with Crippen molar-refractivity contribution in [2.24, 2.45) is 0 Å². The number of methoxy groups -OCH3 is 2. The SMILES string of the molecule is COc1ccc(C(C)NC(=O)OCC(F)(F)F)cc1OC. The van der Waals surface area contributed by atoms with Gasteiger partial charge in [0.1, 0.15) is 0 Å². The van der Waals surface area contributed by atoms with E-state index in [9.17, 15) is 18.0 Å². The molecule has 0 heterocycles. The van der Waals surface area contributed by atoms with Crippen molar-refractivity contribution in [1.29, 1.82) is 0 Å². The average Bonchev–Trinajstić information content (AvgIpc) is 2.43. The number of ether oxygens (including phenoxy) is 3. The van der Waals surface area contributed by atoms with Crippen molar-refractivity contribution in [3.05, 3.63) is 23.8 Å². The lowest BCUT2D eigenvalue weighted by molar-refractivity contribution is -0.160. The summed E-state index contributed by atoms with van der Waals surface area (Å²) >= 11 is 0. The van der Waals surface area contributed by atoms with Crippen LogP contribution in [0.1, 0.15) is 18.5 Å². The number of alkyl halides is 3. The lowest BCUT2D eigenvalue weighted by Gasteiger charge is -2.16. The Hall–Kier alpha value is -2.12. The minimum Gasteiger partial charge on any atom is -0.493 e. The number of halogens is 3. The number of benzene rings is 1. The number of rotatable bonds is 5. The van der Waals surface area contributed by atoms with E-state index in [2.05, 4.69) is 10.1 Å². The maximum absolute atomic E-state index is 11.9. The van der Waals surface area contributed by atoms with Gasteiger partial charge in [0, 0.05) is 0 Å². The molecule has 0 saturated carbocycles. The molecular weight excluding hydrogens is 291 g/mol. The van der Waals surface area contributed by atoms with Gasteiger partial charge in [-0.2, -0.15) is 13.2 Å². The summed E-state index contributed by atoms with van der Waals surface area (Å²) in [6.45, 7) is -0.0203. The van der Waals surface area contributed by atoms with Gasteiger partial charge in [-0.05, 0) is 24.6 Å². The van der Waals surface area contributed by atoms with E-state index in [4.69, 9.17) is 9.47 Å². The van der Waals surface area contributed by atoms with Gasteiger partial charge in [-0.3, -0.25) is 0 Å². The van der Waals surface area contributed by atoms with Crippen LogP contribution in [0, 0.1) is 0 Å². The lowest BCUT2D eigenvalue weighted by atomic mass is 10.1. The zero-order valence-corrected chi connectivity index (χ0v) is 11.8. The van der Waals surface area contributed by atoms with Crippen molar-refractivity contribution >= 4 is 6.09 Å². The Bertz CT molecular complexity index is 491. The van der Waals surface area contributed by atoms with E-state index in [1.54, 1.807) is 25.1 Å². The number of amides is 1. The third-order valence-electron chi connectivity index (χ3n) is 2.61. The molecule has 1 rings (SSSR count). The highest BCUT2D eigenvalue weighted by Crippen LogP contribution is 2.29. The van der Waals surface area contributed by atoms with Gasteiger partial charge in [-0.1, -0.05) is 6.07 Å². The van der Waals surface area contributed by atoms with Crippen LogP contribution in [0.5, 0.6) is 11.5 Å². The first-order valence-electron chi connectivity index (χ1n) is 5.98. The summed E-state index contributed by atoms with van der Waals surface area (Å²) in [4.78, 5) is 11.3. The van der Waals surface area contributed by atoms with Crippen LogP contribution in [0.4, 0.5) is 18.0 Å². The zero-order valence-electron chi connectivity index (χ0n) is 11.8. The van der Waals surface area contributed by atoms with E-state index in [0.717, 1.165) is 0 Å². The predicted molar refractivity (Wildman–Crippen MR) is 68.5 cm³/mol. The molecule has 1 atom stereocenters. The summed E-state index contributed by atoms with van der Waals surface area (Å²) in [5.41, 5.74) is 0.636. The third-order valence-corrected chi connectivity index (χ3v) is 2.61. The van der Waals surface area contributed by atoms with Gasteiger partial charge >= 0.3 is 12.3 Å². The molecule has 1 aromatic rings. The molecule has 1 N–H and O–H groups in total. The average molecular weight is 307 g/mol. The van der Waals surface area contributed by atoms with Gasteiger partial charge in [-0.15, -0.1) is 0 Å². The number of carbonyl (C=O) groups is 1. The zero-order chi connectivity index (χ0) is 16.0. The Labute approximate surface area is 120 Å². The summed E-state index contributed by atoms with van der Waals surface area (Å²) in [6, 6.07) is 4.36. The Morgan fingerprint density at radius 3 is 2.38 bits per heavy atom. The predicted octanol–water partition coefficient (Wildman–Crippen LogP) is 3.05. The fraction of sp³-hybridized carbons (Fsp3) is 0.462. The van der Waals surface area contributed by atoms with Crippen molar-refractivity contribution in [2.75, 3.05) is 20.8 Å². The second-order valence-electron chi connectivity index (χ2n) is 4.17. The number of nitrogens with one attached hydrogen (secondary N) is 1. The maximum atomic E-state index is 11.9. The van der Waals surface area contributed by atoms with E-state index in [0.29, 0.717) is 17.1 Å². The molecule has 0 aliphatic carbocycles. The summed E-state index contributed by atoms with van der Waals surface area (Å²) < 4.78 is 50.0. The highest BCUT2D eigenvalue weighted by Gasteiger charge is 2.29. The molecule has 0 aromatic heterocycles. The van der Waals surface area contributed by atoms with E-state index < -0.39 is 24.9 Å². The van der Waals surface area contributed by atoms with E-state index >= 15 is 0 Å². The fourth-order valence-electron chi connectivity index (χ4n) is 1.57. The Morgan fingerprint density at radius 1 is 1.24 bits per heavy atom. The molecule has 0 radical (unpaired) electrons. The number of carbonyl (C=O) groups excluding carboxylic acids is 1. The molecular formula is C13H16F3NO4. The van der Waals surface area contributed by atoms with Gasteiger partial charge in [0.15, 0.2) is 18.1 Å². The minimum absolute atomic E-state index is 0.451. The van der Waals surface area contributed by atoms with Gasteiger partial charge in [-0.25, -0.2) is 4.79 Å². The minimum atomic E-state index is -4.55. The maximum Gasteiger partial charge on any atom is 0.422 e. The van der Waals surface area contributed by atoms with Gasteiger partial charge < -0.3 is 19.5 Å². The number of hydrogen-bond donors (Lipinski definition) is 1. The fourth-order valence-corrected chi connectivity index (χ4v) is 1.57. The lowest BCUT2D eigenvalue weighted by Crippen LogP contribution is -2.30. The Balaban J connectivity index is 2.67. The van der Waals surface area contributed by atoms with Crippen molar-refractivity contribution < 1.29 is 32.2 Å². The molecule has 0 aliphatic heterocycles. The molecule has 1 unspecified atom stereocenters. The number of hydrogen-bond acceptors (Lipinski definition) is 4. The monoisotopic (exact) mass is 307 g/mol. The molecule has 8 heteroatoms. The van der Waals surface area contributed by atoms with Crippen molar-refractivity contribution in [2.45, 2.75) is 19.1 Å². The van der Waals surface area contributed by atoms with Crippen molar-refractivity contribution in [3.63, 3.8) is 0 Å². The van der Waals surface area contributed by atoms with Crippen molar-refractivity contribution in [3.8, 4) is 11.5 Å². The van der Waals surface area contributed by atoms with Crippen LogP contribution in [0.15, 0.2) is 18.2 Å². The number of alkyl carbamates (subject to hydrolysis) is 1. The second kappa shape index (κ2) is 7.05. The van der Waals surface area contributed by atoms with Crippen LogP contribution in [-0.2, 0) is 4.74 Å². The van der Waals surface area contributed by atoms with Gasteiger partial charge in [0.25, 0.3) is 0 Å². The quantitative estimate of drug-likeness (QED) is 0.908. The molecule has 1 amide bonds. The second-order valence-corrected chi connectivity index (χ2v) is 4.17. The molecule has 0 fully saturated rings. The third kappa shape index (κ3) is 5.41. The summed E-state index contributed by atoms with van der Waals surface area (Å²) in [5.74, 6) is 0.959. The standard InChI is InChI=1S/C13H16F3NO4/c1-8(17-12(18)21-7-13(14,15)16)9-4-5-10(19-2)11(6-9)20-3/h4-6,8H,7H2,1-3H3,(H,17,18). The van der Waals surface area contributed by atoms with Crippen LogP contribution in [0.2, 0.25) is 0 Å². The summed E-state index contributed by atoms with van der Waals surface area (Å²) in [6.07, 6.45) is -5.70. The van der Waals surface area contributed by atoms with E-state index in [1.807, 2.05) is 0 Å². The first-order chi connectivity index (χ1) is 9.76. The van der Waals surface area contributed by atoms with Crippen LogP contribution in [0.3, 0.4) is 0 Å². The van der Waals surface area contributed by atoms with Crippen LogP contribution < -0.4 is 14.8 Å². The van der Waals surface area contributed by atoms with Gasteiger partial charge in [0.05, 0.1) is 20.3 Å². The molecule has 21 heavy (non-hydrogen) atoms. The molecule has 0 bridgehead atoms. The first-order valence-corrected chi connectivity index (χ1v) is 5.98. The summed E-state index contributed by atoms with van der Waals surface area (Å²) in [5, 5.41) is 2.30. The van der Waals surface area contributed by atoms with Gasteiger partial charge in [0.2, 0.25) is 0 Å². The Kier molecular flexibility index (Phi) is 5.69. The van der Waals surface area contributed by atoms with Crippen LogP contribution in [-0.4, -0.2) is 33.1 Å². The molecule has 5 nitrogen and oxygen atoms in total. The largest absolute Gasteiger partial charge is 0.493 e. The molecule has 118 valence electrons. The molecule has 0 aliphatic rings. The highest BCUT2D eigenvalue weighted by molar-refractivity contribution is 5.68. The van der Waals surface area contributed by atoms with E-state index in [-0.39, 0.29) is 0 Å². The summed E-state index contributed by atoms with van der Waals surface area (Å²) in [7, 11) is 2.94. The molecule has 0 saturated heterocycles. The first kappa shape index (κ1) is 16.9.